The summed E-state index contributed by atoms with van der Waals surface area (Å²) in [5, 5.41) is 1.88. The largest absolute Gasteiger partial charge is 0.350 e. The number of fused-ring (bicyclic) bond motifs is 1. The molecule has 1 amide bonds. The van der Waals surface area contributed by atoms with Crippen molar-refractivity contribution < 1.29 is 4.79 Å². The first kappa shape index (κ1) is 13.7. The Bertz CT molecular complexity index is 621. The molecule has 0 unspecified atom stereocenters. The number of carbonyl (C=O) groups excluding carboxylic acids is 1. The molecule has 4 nitrogen and oxygen atoms in total. The fourth-order valence-electron chi connectivity index (χ4n) is 2.42. The number of halogens is 2. The van der Waals surface area contributed by atoms with Crippen LogP contribution in [0.3, 0.4) is 0 Å². The molecule has 1 N–H and O–H groups in total. The van der Waals surface area contributed by atoms with Gasteiger partial charge in [0.15, 0.2) is 0 Å². The molecule has 0 radical (unpaired) electrons. The summed E-state index contributed by atoms with van der Waals surface area (Å²) in [5.41, 5.74) is 1.42. The number of aromatic nitrogens is 1. The predicted octanol–water partition coefficient (Wildman–Crippen LogP) is 2.86. The lowest BCUT2D eigenvalue weighted by atomic mass is 10.2. The van der Waals surface area contributed by atoms with Gasteiger partial charge in [-0.3, -0.25) is 4.79 Å². The maximum atomic E-state index is 12.5. The first-order chi connectivity index (χ1) is 9.54. The van der Waals surface area contributed by atoms with E-state index in [1.165, 1.54) is 0 Å². The van der Waals surface area contributed by atoms with Crippen LogP contribution >= 0.6 is 23.2 Å². The lowest BCUT2D eigenvalue weighted by Crippen LogP contribution is -2.47. The minimum absolute atomic E-state index is 0.0292. The Morgan fingerprint density at radius 1 is 1.10 bits per heavy atom. The molecule has 2 heterocycles. The molecule has 106 valence electrons. The predicted molar refractivity (Wildman–Crippen MR) is 81.7 cm³/mol. The summed E-state index contributed by atoms with van der Waals surface area (Å²) in [6, 6.07) is 5.36. The van der Waals surface area contributed by atoms with Crippen LogP contribution in [0.5, 0.6) is 0 Å². The Morgan fingerprint density at radius 2 is 1.75 bits per heavy atom. The summed E-state index contributed by atoms with van der Waals surface area (Å²) in [6.07, 6.45) is 0. The molecule has 1 aliphatic rings. The highest BCUT2D eigenvalue weighted by Gasteiger charge is 2.21. The lowest BCUT2D eigenvalue weighted by Gasteiger charge is -2.32. The van der Waals surface area contributed by atoms with E-state index in [0.717, 1.165) is 37.1 Å². The van der Waals surface area contributed by atoms with Gasteiger partial charge in [-0.1, -0.05) is 23.2 Å². The fraction of sp³-hybridized carbons (Fsp3) is 0.357. The van der Waals surface area contributed by atoms with Gasteiger partial charge < -0.3 is 14.8 Å². The summed E-state index contributed by atoms with van der Waals surface area (Å²) in [5.74, 6) is 0.0292. The molecule has 1 aliphatic heterocycles. The average molecular weight is 312 g/mol. The number of nitrogens with one attached hydrogen (secondary N) is 1. The summed E-state index contributed by atoms with van der Waals surface area (Å²) >= 11 is 12.0. The molecule has 0 saturated carbocycles. The molecule has 6 heteroatoms. The molecule has 0 aliphatic carbocycles. The topological polar surface area (TPSA) is 39.3 Å². The van der Waals surface area contributed by atoms with Crippen molar-refractivity contribution in [3.63, 3.8) is 0 Å². The van der Waals surface area contributed by atoms with Crippen LogP contribution in [0.4, 0.5) is 0 Å². The highest BCUT2D eigenvalue weighted by Crippen LogP contribution is 2.28. The smallest absolute Gasteiger partial charge is 0.270 e. The van der Waals surface area contributed by atoms with Gasteiger partial charge in [-0.25, -0.2) is 0 Å². The Labute approximate surface area is 127 Å². The fourth-order valence-corrected chi connectivity index (χ4v) is 2.76. The van der Waals surface area contributed by atoms with E-state index >= 15 is 0 Å². The highest BCUT2D eigenvalue weighted by atomic mass is 35.5. The van der Waals surface area contributed by atoms with E-state index in [1.807, 2.05) is 11.0 Å². The van der Waals surface area contributed by atoms with Gasteiger partial charge in [-0.05, 0) is 25.2 Å². The number of H-pyrrole nitrogens is 1. The molecule has 3 rings (SSSR count). The highest BCUT2D eigenvalue weighted by molar-refractivity contribution is 6.42. The molecule has 0 spiro atoms. The van der Waals surface area contributed by atoms with Gasteiger partial charge in [0, 0.05) is 37.1 Å². The second-order valence-corrected chi connectivity index (χ2v) is 5.95. The molecule has 2 aromatic rings. The number of benzene rings is 1. The standard InChI is InChI=1S/C14H15Cl2N3O/c1-18-2-4-19(5-3-18)14(20)13-7-9-6-10(15)11(16)8-12(9)17-13/h6-8,17H,2-5H2,1H3. The van der Waals surface area contributed by atoms with Crippen LogP contribution in [0.2, 0.25) is 10.0 Å². The van der Waals surface area contributed by atoms with E-state index < -0.39 is 0 Å². The minimum Gasteiger partial charge on any atom is -0.350 e. The minimum atomic E-state index is 0.0292. The van der Waals surface area contributed by atoms with E-state index in [4.69, 9.17) is 23.2 Å². The summed E-state index contributed by atoms with van der Waals surface area (Å²) in [4.78, 5) is 19.7. The molecule has 1 aromatic carbocycles. The van der Waals surface area contributed by atoms with Gasteiger partial charge in [-0.15, -0.1) is 0 Å². The second-order valence-electron chi connectivity index (χ2n) is 5.13. The summed E-state index contributed by atoms with van der Waals surface area (Å²) in [7, 11) is 2.06. The molecule has 20 heavy (non-hydrogen) atoms. The number of carbonyl (C=O) groups is 1. The Hall–Kier alpha value is -1.23. The average Bonchev–Trinajstić information content (AvgIpc) is 2.82. The third-order valence-electron chi connectivity index (χ3n) is 3.68. The summed E-state index contributed by atoms with van der Waals surface area (Å²) in [6.45, 7) is 3.33. The third-order valence-corrected chi connectivity index (χ3v) is 4.40. The zero-order valence-electron chi connectivity index (χ0n) is 11.1. The van der Waals surface area contributed by atoms with Crippen LogP contribution in [0.15, 0.2) is 18.2 Å². The van der Waals surface area contributed by atoms with Gasteiger partial charge in [0.1, 0.15) is 5.69 Å². The quantitative estimate of drug-likeness (QED) is 0.879. The van der Waals surface area contributed by atoms with E-state index in [1.54, 1.807) is 12.1 Å². The first-order valence-corrected chi connectivity index (χ1v) is 7.26. The van der Waals surface area contributed by atoms with E-state index in [9.17, 15) is 4.79 Å². The van der Waals surface area contributed by atoms with Crippen molar-refractivity contribution in [3.05, 3.63) is 33.9 Å². The molecular weight excluding hydrogens is 297 g/mol. The van der Waals surface area contributed by atoms with Gasteiger partial charge in [0.25, 0.3) is 5.91 Å². The second kappa shape index (κ2) is 5.28. The van der Waals surface area contributed by atoms with Crippen LogP contribution in [0, 0.1) is 0 Å². The number of piperazine rings is 1. The number of amides is 1. The molecule has 1 saturated heterocycles. The van der Waals surface area contributed by atoms with Gasteiger partial charge >= 0.3 is 0 Å². The van der Waals surface area contributed by atoms with Crippen LogP contribution in [0.1, 0.15) is 10.5 Å². The van der Waals surface area contributed by atoms with Crippen molar-refractivity contribution in [2.45, 2.75) is 0 Å². The molecule has 0 bridgehead atoms. The van der Waals surface area contributed by atoms with Crippen molar-refractivity contribution in [1.82, 2.24) is 14.8 Å². The Balaban J connectivity index is 1.88. The zero-order chi connectivity index (χ0) is 14.3. The van der Waals surface area contributed by atoms with E-state index in [0.29, 0.717) is 15.7 Å². The number of nitrogens with zero attached hydrogens (tertiary/aromatic N) is 2. The maximum Gasteiger partial charge on any atom is 0.270 e. The first-order valence-electron chi connectivity index (χ1n) is 6.50. The van der Waals surface area contributed by atoms with Crippen LogP contribution in [-0.4, -0.2) is 53.9 Å². The van der Waals surface area contributed by atoms with Crippen molar-refractivity contribution in [2.24, 2.45) is 0 Å². The molecule has 1 fully saturated rings. The van der Waals surface area contributed by atoms with E-state index in [2.05, 4.69) is 16.9 Å². The number of likely N-dealkylation sites (N-methyl/N-ethyl adjacent to an activating group) is 1. The summed E-state index contributed by atoms with van der Waals surface area (Å²) < 4.78 is 0. The molecule has 0 atom stereocenters. The number of hydrogen-bond donors (Lipinski definition) is 1. The third kappa shape index (κ3) is 2.51. The Morgan fingerprint density at radius 3 is 2.45 bits per heavy atom. The van der Waals surface area contributed by atoms with Crippen molar-refractivity contribution in [1.29, 1.82) is 0 Å². The number of hydrogen-bond acceptors (Lipinski definition) is 2. The maximum absolute atomic E-state index is 12.5. The van der Waals surface area contributed by atoms with Gasteiger partial charge in [-0.2, -0.15) is 0 Å². The monoisotopic (exact) mass is 311 g/mol. The zero-order valence-corrected chi connectivity index (χ0v) is 12.6. The lowest BCUT2D eigenvalue weighted by molar-refractivity contribution is 0.0659. The van der Waals surface area contributed by atoms with Crippen LogP contribution in [0.25, 0.3) is 10.9 Å². The SMILES string of the molecule is CN1CCN(C(=O)c2cc3cc(Cl)c(Cl)cc3[nH]2)CC1. The molecular formula is C14H15Cl2N3O. The van der Waals surface area contributed by atoms with E-state index in [-0.39, 0.29) is 5.91 Å². The van der Waals surface area contributed by atoms with Gasteiger partial charge in [0.05, 0.1) is 10.0 Å². The number of aromatic amines is 1. The van der Waals surface area contributed by atoms with Crippen molar-refractivity contribution >= 4 is 40.0 Å². The van der Waals surface area contributed by atoms with Crippen molar-refractivity contribution in [3.8, 4) is 0 Å². The van der Waals surface area contributed by atoms with Crippen LogP contribution in [-0.2, 0) is 0 Å². The van der Waals surface area contributed by atoms with Gasteiger partial charge in [0.2, 0.25) is 0 Å². The normalized spacial score (nSPS) is 16.9. The number of rotatable bonds is 1. The van der Waals surface area contributed by atoms with Crippen molar-refractivity contribution in [2.75, 3.05) is 33.2 Å². The molecule has 1 aromatic heterocycles. The van der Waals surface area contributed by atoms with Crippen LogP contribution < -0.4 is 0 Å². The Kier molecular flexibility index (Phi) is 3.63.